The molecule has 1 fully saturated rings. The van der Waals surface area contributed by atoms with Crippen molar-refractivity contribution in [3.05, 3.63) is 89.2 Å². The lowest BCUT2D eigenvalue weighted by Gasteiger charge is -2.34. The summed E-state index contributed by atoms with van der Waals surface area (Å²) >= 11 is 0. The molecule has 3 aromatic carbocycles. The van der Waals surface area contributed by atoms with E-state index in [0.29, 0.717) is 17.7 Å². The van der Waals surface area contributed by atoms with Gasteiger partial charge in [0.1, 0.15) is 11.6 Å². The summed E-state index contributed by atoms with van der Waals surface area (Å²) in [7, 11) is 1.65. The zero-order valence-corrected chi connectivity index (χ0v) is 17.6. The first-order valence-electron chi connectivity index (χ1n) is 10.6. The van der Waals surface area contributed by atoms with E-state index in [2.05, 4.69) is 34.9 Å². The summed E-state index contributed by atoms with van der Waals surface area (Å²) in [5.74, 6) is 0.370. The summed E-state index contributed by atoms with van der Waals surface area (Å²) in [4.78, 5) is 0. The molecule has 31 heavy (non-hydrogen) atoms. The number of benzene rings is 3. The highest BCUT2D eigenvalue weighted by atomic mass is 19.1. The van der Waals surface area contributed by atoms with E-state index in [-0.39, 0.29) is 12.1 Å². The van der Waals surface area contributed by atoms with Gasteiger partial charge in [-0.2, -0.15) is 5.26 Å². The predicted octanol–water partition coefficient (Wildman–Crippen LogP) is 4.96. The lowest BCUT2D eigenvalue weighted by Crippen LogP contribution is -2.45. The van der Waals surface area contributed by atoms with Gasteiger partial charge in [-0.15, -0.1) is 0 Å². The molecular weight excluding hydrogens is 389 g/mol. The highest BCUT2D eigenvalue weighted by Crippen LogP contribution is 2.30. The fraction of sp³-hybridized carbons (Fsp3) is 0.269. The van der Waals surface area contributed by atoms with Gasteiger partial charge in [0.15, 0.2) is 0 Å². The third-order valence-electron chi connectivity index (χ3n) is 5.86. The third-order valence-corrected chi connectivity index (χ3v) is 5.86. The number of methoxy groups -OCH3 is 1. The van der Waals surface area contributed by atoms with Gasteiger partial charge in [0.25, 0.3) is 0 Å². The summed E-state index contributed by atoms with van der Waals surface area (Å²) in [6.07, 6.45) is 2.20. The minimum atomic E-state index is -0.399. The van der Waals surface area contributed by atoms with E-state index >= 15 is 0 Å². The summed E-state index contributed by atoms with van der Waals surface area (Å²) in [6, 6.07) is 23.3. The lowest BCUT2D eigenvalue weighted by molar-refractivity contribution is 0.303. The fourth-order valence-electron chi connectivity index (χ4n) is 4.26. The minimum Gasteiger partial charge on any atom is -0.496 e. The molecule has 0 radical (unpaired) electrons. The van der Waals surface area contributed by atoms with Crippen molar-refractivity contribution < 1.29 is 9.13 Å². The van der Waals surface area contributed by atoms with Crippen LogP contribution in [0.5, 0.6) is 5.75 Å². The first-order valence-corrected chi connectivity index (χ1v) is 10.6. The molecule has 0 amide bonds. The average molecular weight is 416 g/mol. The number of halogens is 1. The first kappa shape index (κ1) is 21.0. The van der Waals surface area contributed by atoms with E-state index in [1.165, 1.54) is 11.6 Å². The second-order valence-corrected chi connectivity index (χ2v) is 7.81. The topological polar surface area (TPSA) is 57.1 Å². The quantitative estimate of drug-likeness (QED) is 0.598. The van der Waals surface area contributed by atoms with Crippen LogP contribution in [0.25, 0.3) is 11.1 Å². The Kier molecular flexibility index (Phi) is 6.61. The second-order valence-electron chi connectivity index (χ2n) is 7.81. The van der Waals surface area contributed by atoms with Crippen LogP contribution in [0.3, 0.4) is 0 Å². The number of nitrogens with one attached hydrogen (secondary N) is 2. The van der Waals surface area contributed by atoms with Gasteiger partial charge in [-0.3, -0.25) is 0 Å². The zero-order chi connectivity index (χ0) is 21.6. The molecule has 0 unspecified atom stereocenters. The van der Waals surface area contributed by atoms with Crippen molar-refractivity contribution in [3.8, 4) is 22.9 Å². The van der Waals surface area contributed by atoms with E-state index in [9.17, 15) is 4.39 Å². The Morgan fingerprint density at radius 2 is 1.97 bits per heavy atom. The molecule has 0 aliphatic carbocycles. The van der Waals surface area contributed by atoms with Gasteiger partial charge in [-0.25, -0.2) is 4.39 Å². The summed E-state index contributed by atoms with van der Waals surface area (Å²) < 4.78 is 20.1. The monoisotopic (exact) mass is 415 g/mol. The van der Waals surface area contributed by atoms with Crippen LogP contribution in [0, 0.1) is 17.1 Å². The molecule has 0 saturated carbocycles. The average Bonchev–Trinajstić information content (AvgIpc) is 2.83. The Bertz CT molecular complexity index is 1080. The molecule has 1 aliphatic heterocycles. The maximum absolute atomic E-state index is 14.5. The molecule has 2 atom stereocenters. The smallest absolute Gasteiger partial charge is 0.132 e. The molecule has 1 saturated heterocycles. The highest BCUT2D eigenvalue weighted by molar-refractivity contribution is 5.67. The van der Waals surface area contributed by atoms with Gasteiger partial charge < -0.3 is 15.4 Å². The van der Waals surface area contributed by atoms with Crippen molar-refractivity contribution in [1.82, 2.24) is 10.6 Å². The SMILES string of the molecule is COc1ccc(-c2ccc(C#N)cc2F)cc1CN[C@H]1CCCN[C@@H]1c1ccccc1. The van der Waals surface area contributed by atoms with Gasteiger partial charge in [0.2, 0.25) is 0 Å². The van der Waals surface area contributed by atoms with Crippen molar-refractivity contribution in [1.29, 1.82) is 5.26 Å². The normalized spacial score (nSPS) is 18.4. The van der Waals surface area contributed by atoms with Crippen LogP contribution in [0.4, 0.5) is 4.39 Å². The highest BCUT2D eigenvalue weighted by Gasteiger charge is 2.25. The van der Waals surface area contributed by atoms with E-state index in [1.807, 2.05) is 30.3 Å². The van der Waals surface area contributed by atoms with Gasteiger partial charge >= 0.3 is 0 Å². The first-order chi connectivity index (χ1) is 15.2. The van der Waals surface area contributed by atoms with Crippen LogP contribution < -0.4 is 15.4 Å². The van der Waals surface area contributed by atoms with E-state index in [0.717, 1.165) is 36.3 Å². The lowest BCUT2D eigenvalue weighted by atomic mass is 9.92. The minimum absolute atomic E-state index is 0.250. The molecular formula is C26H26FN3O. The standard InChI is InChI=1S/C26H26FN3O/c1-31-25-12-10-20(22-11-9-18(16-28)14-23(22)27)15-21(25)17-30-24-8-5-13-29-26(24)19-6-3-2-4-7-19/h2-4,6-7,9-12,14-15,24,26,29-30H,5,8,13,17H2,1H3/t24-,26+/m0/s1. The van der Waals surface area contributed by atoms with Gasteiger partial charge in [0.05, 0.1) is 18.7 Å². The van der Waals surface area contributed by atoms with Gasteiger partial charge in [-0.05, 0) is 54.8 Å². The predicted molar refractivity (Wildman–Crippen MR) is 120 cm³/mol. The molecule has 2 N–H and O–H groups in total. The van der Waals surface area contributed by atoms with Crippen LogP contribution in [0.2, 0.25) is 0 Å². The number of ether oxygens (including phenoxy) is 1. The Hall–Kier alpha value is -3.20. The second kappa shape index (κ2) is 9.74. The summed E-state index contributed by atoms with van der Waals surface area (Å²) in [6.45, 7) is 1.62. The molecule has 4 rings (SSSR count). The number of nitrogens with zero attached hydrogens (tertiary/aromatic N) is 1. The Morgan fingerprint density at radius 1 is 1.13 bits per heavy atom. The molecule has 158 valence electrons. The maximum Gasteiger partial charge on any atom is 0.132 e. The molecule has 0 aromatic heterocycles. The molecule has 3 aromatic rings. The van der Waals surface area contributed by atoms with Crippen LogP contribution >= 0.6 is 0 Å². The molecule has 0 bridgehead atoms. The summed E-state index contributed by atoms with van der Waals surface area (Å²) in [5.41, 5.74) is 3.81. The van der Waals surface area contributed by atoms with Crippen molar-refractivity contribution in [2.45, 2.75) is 31.5 Å². The Morgan fingerprint density at radius 3 is 2.71 bits per heavy atom. The van der Waals surface area contributed by atoms with Gasteiger partial charge in [0, 0.05) is 29.8 Å². The number of hydrogen-bond donors (Lipinski definition) is 2. The number of nitriles is 1. The van der Waals surface area contributed by atoms with Crippen molar-refractivity contribution in [3.63, 3.8) is 0 Å². The van der Waals surface area contributed by atoms with Crippen LogP contribution in [-0.4, -0.2) is 19.7 Å². The number of piperidine rings is 1. The number of rotatable bonds is 6. The van der Waals surface area contributed by atoms with Crippen LogP contribution in [0.1, 0.15) is 35.6 Å². The fourth-order valence-corrected chi connectivity index (χ4v) is 4.26. The summed E-state index contributed by atoms with van der Waals surface area (Å²) in [5, 5.41) is 16.3. The Labute approximate surface area is 182 Å². The molecule has 0 spiro atoms. The van der Waals surface area contributed by atoms with Crippen LogP contribution in [0.15, 0.2) is 66.7 Å². The van der Waals surface area contributed by atoms with E-state index < -0.39 is 5.82 Å². The van der Waals surface area contributed by atoms with Crippen LogP contribution in [-0.2, 0) is 6.54 Å². The molecule has 5 heteroatoms. The molecule has 1 heterocycles. The van der Waals surface area contributed by atoms with E-state index in [1.54, 1.807) is 19.2 Å². The van der Waals surface area contributed by atoms with Crippen molar-refractivity contribution in [2.24, 2.45) is 0 Å². The zero-order valence-electron chi connectivity index (χ0n) is 17.6. The largest absolute Gasteiger partial charge is 0.496 e. The van der Waals surface area contributed by atoms with Gasteiger partial charge in [-0.1, -0.05) is 42.5 Å². The third kappa shape index (κ3) is 4.77. The van der Waals surface area contributed by atoms with Crippen molar-refractivity contribution >= 4 is 0 Å². The Balaban J connectivity index is 1.56. The molecule has 1 aliphatic rings. The number of hydrogen-bond acceptors (Lipinski definition) is 4. The van der Waals surface area contributed by atoms with E-state index in [4.69, 9.17) is 10.00 Å². The maximum atomic E-state index is 14.5. The molecule has 4 nitrogen and oxygen atoms in total. The van der Waals surface area contributed by atoms with Crippen molar-refractivity contribution in [2.75, 3.05) is 13.7 Å².